The Morgan fingerprint density at radius 2 is 2.04 bits per heavy atom. The van der Waals surface area contributed by atoms with E-state index in [1.807, 2.05) is 27.7 Å². The minimum Gasteiger partial charge on any atom is -0.473 e. The fraction of sp³-hybridized carbons (Fsp3) is 0.368. The number of carbonyl (C=O) groups is 1. The summed E-state index contributed by atoms with van der Waals surface area (Å²) < 4.78 is 18.7. The van der Waals surface area contributed by atoms with Crippen molar-refractivity contribution >= 4 is 17.5 Å². The van der Waals surface area contributed by atoms with E-state index in [0.29, 0.717) is 5.56 Å². The van der Waals surface area contributed by atoms with Crippen LogP contribution in [0.1, 0.15) is 43.6 Å². The Hall–Kier alpha value is -2.14. The first-order valence-corrected chi connectivity index (χ1v) is 8.39. The second-order valence-corrected chi connectivity index (χ2v) is 7.33. The molecule has 0 aliphatic carbocycles. The van der Waals surface area contributed by atoms with Crippen LogP contribution in [0, 0.1) is 11.2 Å². The lowest BCUT2D eigenvalue weighted by molar-refractivity contribution is 0.0910. The Bertz CT molecular complexity index is 759. The molecule has 0 spiro atoms. The maximum Gasteiger partial charge on any atom is 0.254 e. The van der Waals surface area contributed by atoms with Gasteiger partial charge in [0.15, 0.2) is 0 Å². The lowest BCUT2D eigenvalue weighted by Crippen LogP contribution is -2.41. The molecule has 0 radical (unpaired) electrons. The first-order valence-electron chi connectivity index (χ1n) is 8.01. The smallest absolute Gasteiger partial charge is 0.254 e. The van der Waals surface area contributed by atoms with E-state index in [-0.39, 0.29) is 46.4 Å². The number of nitrogens with zero attached hydrogens (tertiary/aromatic N) is 1. The van der Waals surface area contributed by atoms with Gasteiger partial charge in [-0.05, 0) is 36.1 Å². The van der Waals surface area contributed by atoms with Crippen molar-refractivity contribution in [2.24, 2.45) is 5.41 Å². The highest BCUT2D eigenvalue weighted by Gasteiger charge is 2.23. The van der Waals surface area contributed by atoms with Crippen molar-refractivity contribution in [3.8, 4) is 5.88 Å². The Morgan fingerprint density at radius 1 is 1.32 bits per heavy atom. The first kappa shape index (κ1) is 19.2. The van der Waals surface area contributed by atoms with Gasteiger partial charge in [-0.2, -0.15) is 0 Å². The SMILES string of the molecule is C[C@H](NC(=O)c1ccc(OCc2cccc(F)c2)nc1Cl)C(C)(C)C. The van der Waals surface area contributed by atoms with Crippen molar-refractivity contribution in [1.29, 1.82) is 0 Å². The van der Waals surface area contributed by atoms with Crippen LogP contribution < -0.4 is 10.1 Å². The van der Waals surface area contributed by atoms with Crippen molar-refractivity contribution in [2.45, 2.75) is 40.3 Å². The number of benzene rings is 1. The molecule has 0 saturated carbocycles. The van der Waals surface area contributed by atoms with Crippen molar-refractivity contribution < 1.29 is 13.9 Å². The molecule has 0 aliphatic heterocycles. The molecule has 0 unspecified atom stereocenters. The maximum atomic E-state index is 13.2. The summed E-state index contributed by atoms with van der Waals surface area (Å²) in [4.78, 5) is 16.4. The molecular weight excluding hydrogens is 343 g/mol. The van der Waals surface area contributed by atoms with Crippen molar-refractivity contribution in [1.82, 2.24) is 10.3 Å². The molecule has 25 heavy (non-hydrogen) atoms. The summed E-state index contributed by atoms with van der Waals surface area (Å²) in [5.74, 6) is -0.335. The van der Waals surface area contributed by atoms with E-state index in [1.165, 1.54) is 12.1 Å². The second kappa shape index (κ2) is 7.83. The summed E-state index contributed by atoms with van der Waals surface area (Å²) in [6.45, 7) is 8.23. The summed E-state index contributed by atoms with van der Waals surface area (Å²) >= 11 is 6.12. The van der Waals surface area contributed by atoms with E-state index in [9.17, 15) is 9.18 Å². The molecule has 0 saturated heterocycles. The van der Waals surface area contributed by atoms with Gasteiger partial charge in [0.25, 0.3) is 5.91 Å². The van der Waals surface area contributed by atoms with Gasteiger partial charge in [0.2, 0.25) is 5.88 Å². The van der Waals surface area contributed by atoms with E-state index in [2.05, 4.69) is 10.3 Å². The second-order valence-electron chi connectivity index (χ2n) is 6.97. The van der Waals surface area contributed by atoms with Crippen LogP contribution in [0.15, 0.2) is 36.4 Å². The van der Waals surface area contributed by atoms with Crippen LogP contribution in [0.2, 0.25) is 5.15 Å². The van der Waals surface area contributed by atoms with Crippen LogP contribution in [0.5, 0.6) is 5.88 Å². The molecule has 1 heterocycles. The Morgan fingerprint density at radius 3 is 2.64 bits per heavy atom. The van der Waals surface area contributed by atoms with Gasteiger partial charge in [0, 0.05) is 12.1 Å². The van der Waals surface area contributed by atoms with Gasteiger partial charge in [-0.15, -0.1) is 0 Å². The van der Waals surface area contributed by atoms with Gasteiger partial charge in [0.1, 0.15) is 17.6 Å². The number of hydrogen-bond acceptors (Lipinski definition) is 3. The van der Waals surface area contributed by atoms with E-state index in [1.54, 1.807) is 24.3 Å². The lowest BCUT2D eigenvalue weighted by atomic mass is 9.88. The Balaban J connectivity index is 2.03. The minimum absolute atomic E-state index is 0.0278. The molecule has 0 bridgehead atoms. The van der Waals surface area contributed by atoms with Crippen LogP contribution >= 0.6 is 11.6 Å². The Kier molecular flexibility index (Phi) is 6.01. The lowest BCUT2D eigenvalue weighted by Gasteiger charge is -2.28. The summed E-state index contributed by atoms with van der Waals surface area (Å²) in [5, 5.41) is 2.98. The van der Waals surface area contributed by atoms with Crippen LogP contribution in [0.3, 0.4) is 0 Å². The maximum absolute atomic E-state index is 13.2. The highest BCUT2D eigenvalue weighted by atomic mass is 35.5. The average Bonchev–Trinajstić information content (AvgIpc) is 2.52. The monoisotopic (exact) mass is 364 g/mol. The molecule has 6 heteroatoms. The van der Waals surface area contributed by atoms with E-state index in [0.717, 1.165) is 0 Å². The van der Waals surface area contributed by atoms with Crippen LogP contribution in [0.25, 0.3) is 0 Å². The van der Waals surface area contributed by atoms with Crippen molar-refractivity contribution in [3.63, 3.8) is 0 Å². The number of nitrogens with one attached hydrogen (secondary N) is 1. The van der Waals surface area contributed by atoms with Crippen LogP contribution in [0.4, 0.5) is 4.39 Å². The van der Waals surface area contributed by atoms with Crippen molar-refractivity contribution in [2.75, 3.05) is 0 Å². The predicted molar refractivity (Wildman–Crippen MR) is 96.4 cm³/mol. The molecule has 1 aromatic heterocycles. The normalized spacial score (nSPS) is 12.6. The molecule has 134 valence electrons. The molecule has 1 aromatic carbocycles. The van der Waals surface area contributed by atoms with Gasteiger partial charge >= 0.3 is 0 Å². The fourth-order valence-corrected chi connectivity index (χ4v) is 2.17. The fourth-order valence-electron chi connectivity index (χ4n) is 1.94. The third-order valence-electron chi connectivity index (χ3n) is 3.99. The number of ether oxygens (including phenoxy) is 1. The van der Waals surface area contributed by atoms with E-state index >= 15 is 0 Å². The summed E-state index contributed by atoms with van der Waals surface area (Å²) in [7, 11) is 0. The molecule has 0 fully saturated rings. The van der Waals surface area contributed by atoms with Gasteiger partial charge in [0.05, 0.1) is 5.56 Å². The van der Waals surface area contributed by atoms with Gasteiger partial charge in [-0.25, -0.2) is 9.37 Å². The number of carbonyl (C=O) groups excluding carboxylic acids is 1. The highest BCUT2D eigenvalue weighted by Crippen LogP contribution is 2.22. The third kappa shape index (κ3) is 5.43. The zero-order valence-corrected chi connectivity index (χ0v) is 15.5. The summed E-state index contributed by atoms with van der Waals surface area (Å²) in [6.07, 6.45) is 0. The standard InChI is InChI=1S/C19H22ClFN2O2/c1-12(19(2,3)4)22-18(24)15-8-9-16(23-17(15)20)25-11-13-6-5-7-14(21)10-13/h5-10,12H,11H2,1-4H3,(H,22,24)/t12-/m0/s1. The molecule has 1 amide bonds. The van der Waals surface area contributed by atoms with Gasteiger partial charge in [-0.3, -0.25) is 4.79 Å². The third-order valence-corrected chi connectivity index (χ3v) is 4.28. The number of halogens is 2. The number of aromatic nitrogens is 1. The molecule has 1 N–H and O–H groups in total. The zero-order chi connectivity index (χ0) is 18.6. The molecule has 0 aliphatic rings. The largest absolute Gasteiger partial charge is 0.473 e. The number of pyridine rings is 1. The van der Waals surface area contributed by atoms with E-state index < -0.39 is 0 Å². The van der Waals surface area contributed by atoms with Gasteiger partial charge < -0.3 is 10.1 Å². The van der Waals surface area contributed by atoms with Crippen molar-refractivity contribution in [3.05, 3.63) is 58.5 Å². The number of amides is 1. The quantitative estimate of drug-likeness (QED) is 0.788. The topological polar surface area (TPSA) is 51.2 Å². The summed E-state index contributed by atoms with van der Waals surface area (Å²) in [6, 6.07) is 9.23. The minimum atomic E-state index is -0.327. The van der Waals surface area contributed by atoms with E-state index in [4.69, 9.17) is 16.3 Å². The number of rotatable bonds is 5. The zero-order valence-electron chi connectivity index (χ0n) is 14.8. The van der Waals surface area contributed by atoms with Gasteiger partial charge in [-0.1, -0.05) is 44.5 Å². The molecule has 2 rings (SSSR count). The number of hydrogen-bond donors (Lipinski definition) is 1. The first-order chi connectivity index (χ1) is 11.7. The molecule has 2 aromatic rings. The molecular formula is C19H22ClFN2O2. The highest BCUT2D eigenvalue weighted by molar-refractivity contribution is 6.32. The van der Waals surface area contributed by atoms with Crippen LogP contribution in [-0.4, -0.2) is 16.9 Å². The summed E-state index contributed by atoms with van der Waals surface area (Å²) in [5.41, 5.74) is 0.901. The Labute approximate surface area is 152 Å². The predicted octanol–water partition coefficient (Wildman–Crippen LogP) is 4.62. The average molecular weight is 365 g/mol. The van der Waals surface area contributed by atoms with Crippen LogP contribution in [-0.2, 0) is 6.61 Å². The molecule has 4 nitrogen and oxygen atoms in total. The molecule has 1 atom stereocenters.